The predicted octanol–water partition coefficient (Wildman–Crippen LogP) is 4.83. The molecule has 0 atom stereocenters. The molecule has 0 unspecified atom stereocenters. The summed E-state index contributed by atoms with van der Waals surface area (Å²) in [5, 5.41) is 14.6. The van der Waals surface area contributed by atoms with Crippen LogP contribution in [-0.2, 0) is 0 Å². The van der Waals surface area contributed by atoms with E-state index in [0.717, 1.165) is 17.7 Å². The number of carbonyl (C=O) groups excluding carboxylic acids is 2. The largest absolute Gasteiger partial charge is 0.339 e. The zero-order valence-electron chi connectivity index (χ0n) is 18.1. The molecule has 2 aromatic rings. The molecule has 6 nitrogen and oxygen atoms in total. The number of nitrogens with one attached hydrogen (secondary N) is 2. The number of piperidine rings is 1. The van der Waals surface area contributed by atoms with Gasteiger partial charge in [0.2, 0.25) is 0 Å². The van der Waals surface area contributed by atoms with E-state index in [0.29, 0.717) is 35.8 Å². The number of anilines is 1. The van der Waals surface area contributed by atoms with Crippen LogP contribution < -0.4 is 10.6 Å². The molecule has 162 valence electrons. The Morgan fingerprint density at radius 2 is 1.81 bits per heavy atom. The van der Waals surface area contributed by atoms with Crippen molar-refractivity contribution in [3.8, 4) is 6.07 Å². The smallest absolute Gasteiger partial charge is 0.319 e. The molecule has 7 heteroatoms. The minimum absolute atomic E-state index is 0.00412. The quantitative estimate of drug-likeness (QED) is 0.658. The molecule has 0 radical (unpaired) electrons. The summed E-state index contributed by atoms with van der Waals surface area (Å²) >= 11 is 1.52. The first-order valence-corrected chi connectivity index (χ1v) is 11.7. The zero-order valence-corrected chi connectivity index (χ0v) is 19.0. The average Bonchev–Trinajstić information content (AvgIpc) is 2.78. The van der Waals surface area contributed by atoms with Crippen LogP contribution >= 0.6 is 11.8 Å². The summed E-state index contributed by atoms with van der Waals surface area (Å²) in [5.74, 6) is 0.389. The number of hydrogen-bond donors (Lipinski definition) is 2. The van der Waals surface area contributed by atoms with Gasteiger partial charge in [-0.15, -0.1) is 11.8 Å². The molecule has 1 fully saturated rings. The van der Waals surface area contributed by atoms with Gasteiger partial charge in [-0.05, 0) is 74.8 Å². The van der Waals surface area contributed by atoms with Crippen molar-refractivity contribution in [1.29, 1.82) is 5.26 Å². The first-order chi connectivity index (χ1) is 14.9. The van der Waals surface area contributed by atoms with E-state index in [1.54, 1.807) is 6.07 Å². The number of nitrogens with zero attached hydrogens (tertiary/aromatic N) is 2. The Hall–Kier alpha value is -2.98. The fourth-order valence-electron chi connectivity index (χ4n) is 3.80. The number of nitriles is 1. The van der Waals surface area contributed by atoms with Crippen LogP contribution in [0.3, 0.4) is 0 Å². The summed E-state index contributed by atoms with van der Waals surface area (Å²) in [6, 6.07) is 15.1. The monoisotopic (exact) mass is 436 g/mol. The molecule has 1 heterocycles. The van der Waals surface area contributed by atoms with Gasteiger partial charge >= 0.3 is 6.03 Å². The highest BCUT2D eigenvalue weighted by atomic mass is 32.2. The minimum Gasteiger partial charge on any atom is -0.339 e. The van der Waals surface area contributed by atoms with Gasteiger partial charge in [-0.1, -0.05) is 12.1 Å². The van der Waals surface area contributed by atoms with Crippen molar-refractivity contribution in [3.05, 3.63) is 59.2 Å². The lowest BCUT2D eigenvalue weighted by molar-refractivity contribution is 0.0709. The maximum absolute atomic E-state index is 13.3. The van der Waals surface area contributed by atoms with Gasteiger partial charge in [-0.2, -0.15) is 5.26 Å². The van der Waals surface area contributed by atoms with E-state index in [-0.39, 0.29) is 18.0 Å². The van der Waals surface area contributed by atoms with E-state index in [4.69, 9.17) is 5.26 Å². The first kappa shape index (κ1) is 22.7. The van der Waals surface area contributed by atoms with Gasteiger partial charge in [0.1, 0.15) is 0 Å². The number of rotatable bonds is 5. The van der Waals surface area contributed by atoms with Crippen LogP contribution in [0.25, 0.3) is 0 Å². The molecule has 1 aliphatic heterocycles. The molecule has 0 bridgehead atoms. The molecule has 1 aliphatic rings. The van der Waals surface area contributed by atoms with Gasteiger partial charge in [0.25, 0.3) is 5.91 Å². The maximum atomic E-state index is 13.3. The molecule has 0 saturated carbocycles. The summed E-state index contributed by atoms with van der Waals surface area (Å²) in [5.41, 5.74) is 3.10. The lowest BCUT2D eigenvalue weighted by atomic mass is 9.89. The molecule has 2 aromatic carbocycles. The third kappa shape index (κ3) is 5.80. The Bertz CT molecular complexity index is 974. The lowest BCUT2D eigenvalue weighted by Crippen LogP contribution is -2.38. The predicted molar refractivity (Wildman–Crippen MR) is 125 cm³/mol. The van der Waals surface area contributed by atoms with Crippen LogP contribution in [0, 0.1) is 11.3 Å². The molecule has 2 N–H and O–H groups in total. The SMILES string of the molecule is CSc1ccc(NC(=O)NC(C)C)cc1C(=O)N1CCC(c2ccc(C#N)cc2)CC1. The summed E-state index contributed by atoms with van der Waals surface area (Å²) in [6.07, 6.45) is 3.73. The number of amides is 3. The Kier molecular flexibility index (Phi) is 7.59. The van der Waals surface area contributed by atoms with Gasteiger partial charge < -0.3 is 15.5 Å². The van der Waals surface area contributed by atoms with E-state index in [9.17, 15) is 9.59 Å². The highest BCUT2D eigenvalue weighted by Crippen LogP contribution is 2.31. The second kappa shape index (κ2) is 10.4. The summed E-state index contributed by atoms with van der Waals surface area (Å²) in [4.78, 5) is 28.1. The molecule has 0 aliphatic carbocycles. The van der Waals surface area contributed by atoms with Crippen LogP contribution in [0.2, 0.25) is 0 Å². The molecule has 0 spiro atoms. The average molecular weight is 437 g/mol. The van der Waals surface area contributed by atoms with Crippen molar-refractivity contribution in [2.45, 2.75) is 43.5 Å². The molecular weight excluding hydrogens is 408 g/mol. The number of hydrogen-bond acceptors (Lipinski definition) is 4. The third-order valence-electron chi connectivity index (χ3n) is 5.40. The molecule has 0 aromatic heterocycles. The number of carbonyl (C=O) groups is 2. The van der Waals surface area contributed by atoms with Gasteiger partial charge in [0.15, 0.2) is 0 Å². The van der Waals surface area contributed by atoms with E-state index in [1.807, 2.05) is 61.4 Å². The second-order valence-electron chi connectivity index (χ2n) is 7.97. The van der Waals surface area contributed by atoms with Crippen LogP contribution in [0.1, 0.15) is 54.1 Å². The Morgan fingerprint density at radius 1 is 1.13 bits per heavy atom. The van der Waals surface area contributed by atoms with Gasteiger partial charge in [0.05, 0.1) is 17.2 Å². The molecular formula is C24H28N4O2S. The summed E-state index contributed by atoms with van der Waals surface area (Å²) in [7, 11) is 0. The van der Waals surface area contributed by atoms with Crippen molar-refractivity contribution < 1.29 is 9.59 Å². The van der Waals surface area contributed by atoms with E-state index in [1.165, 1.54) is 17.3 Å². The molecule has 1 saturated heterocycles. The Labute approximate surface area is 188 Å². The molecule has 31 heavy (non-hydrogen) atoms. The fraction of sp³-hybridized carbons (Fsp3) is 0.375. The van der Waals surface area contributed by atoms with E-state index >= 15 is 0 Å². The Morgan fingerprint density at radius 3 is 2.39 bits per heavy atom. The third-order valence-corrected chi connectivity index (χ3v) is 6.20. The van der Waals surface area contributed by atoms with E-state index in [2.05, 4.69) is 16.7 Å². The Balaban J connectivity index is 1.68. The van der Waals surface area contributed by atoms with E-state index < -0.39 is 0 Å². The summed E-state index contributed by atoms with van der Waals surface area (Å²) in [6.45, 7) is 5.16. The minimum atomic E-state index is -0.284. The van der Waals surface area contributed by atoms with Crippen LogP contribution in [0.4, 0.5) is 10.5 Å². The highest BCUT2D eigenvalue weighted by molar-refractivity contribution is 7.98. The lowest BCUT2D eigenvalue weighted by Gasteiger charge is -2.32. The standard InChI is InChI=1S/C24H28N4O2S/c1-16(2)26-24(30)27-20-8-9-22(31-3)21(14-20)23(29)28-12-10-19(11-13-28)18-6-4-17(15-25)5-7-18/h4-9,14,16,19H,10-13H2,1-3H3,(H2,26,27,30). The van der Waals surface area contributed by atoms with Gasteiger partial charge in [-0.25, -0.2) is 4.79 Å². The van der Waals surface area contributed by atoms with Crippen molar-refractivity contribution >= 4 is 29.4 Å². The van der Waals surface area contributed by atoms with Crippen molar-refractivity contribution in [1.82, 2.24) is 10.2 Å². The highest BCUT2D eigenvalue weighted by Gasteiger charge is 2.26. The maximum Gasteiger partial charge on any atom is 0.319 e. The molecule has 3 amide bonds. The van der Waals surface area contributed by atoms with Gasteiger partial charge in [0, 0.05) is 29.7 Å². The second-order valence-corrected chi connectivity index (χ2v) is 8.82. The van der Waals surface area contributed by atoms with Gasteiger partial charge in [-0.3, -0.25) is 4.79 Å². The normalized spacial score (nSPS) is 14.2. The van der Waals surface area contributed by atoms with Crippen LogP contribution in [-0.4, -0.2) is 42.2 Å². The zero-order chi connectivity index (χ0) is 22.4. The molecule has 3 rings (SSSR count). The number of likely N-dealkylation sites (tertiary alicyclic amines) is 1. The number of thioether (sulfide) groups is 1. The van der Waals surface area contributed by atoms with Crippen LogP contribution in [0.5, 0.6) is 0 Å². The van der Waals surface area contributed by atoms with Crippen molar-refractivity contribution in [3.63, 3.8) is 0 Å². The van der Waals surface area contributed by atoms with Crippen LogP contribution in [0.15, 0.2) is 47.4 Å². The van der Waals surface area contributed by atoms with Crippen molar-refractivity contribution in [2.75, 3.05) is 24.7 Å². The number of benzene rings is 2. The van der Waals surface area contributed by atoms with Crippen molar-refractivity contribution in [2.24, 2.45) is 0 Å². The summed E-state index contributed by atoms with van der Waals surface area (Å²) < 4.78 is 0. The first-order valence-electron chi connectivity index (χ1n) is 10.5. The topological polar surface area (TPSA) is 85.2 Å². The number of urea groups is 1. The fourth-order valence-corrected chi connectivity index (χ4v) is 4.37.